The monoisotopic (exact) mass is 285 g/mol. The van der Waals surface area contributed by atoms with Crippen molar-refractivity contribution in [1.82, 2.24) is 4.98 Å². The highest BCUT2D eigenvalue weighted by molar-refractivity contribution is 6.31. The second-order valence-corrected chi connectivity index (χ2v) is 5.21. The predicted octanol–water partition coefficient (Wildman–Crippen LogP) is 4.26. The van der Waals surface area contributed by atoms with Crippen LogP contribution in [0, 0.1) is 0 Å². The Balaban J connectivity index is 1.82. The van der Waals surface area contributed by atoms with Gasteiger partial charge >= 0.3 is 0 Å². The molecule has 0 fully saturated rings. The summed E-state index contributed by atoms with van der Waals surface area (Å²) in [6.45, 7) is 1.20. The summed E-state index contributed by atoms with van der Waals surface area (Å²) in [5, 5.41) is 1.84. The van der Waals surface area contributed by atoms with Gasteiger partial charge in [0.2, 0.25) is 0 Å². The van der Waals surface area contributed by atoms with Gasteiger partial charge in [-0.25, -0.2) is 0 Å². The molecule has 4 heteroatoms. The zero-order chi connectivity index (χ0) is 13.5. The molecule has 0 unspecified atom stereocenters. The van der Waals surface area contributed by atoms with Crippen LogP contribution in [-0.4, -0.2) is 18.2 Å². The standard InChI is InChI=1S/C16H12ClNO2/c17-12-2-3-13-11(7-12)8-14(18-13)10-1-4-15-16(9-10)20-6-5-19-15/h1-4,7-9,18H,5-6H2. The van der Waals surface area contributed by atoms with Crippen LogP contribution in [0.15, 0.2) is 42.5 Å². The van der Waals surface area contributed by atoms with Crippen molar-refractivity contribution in [2.45, 2.75) is 0 Å². The van der Waals surface area contributed by atoms with Gasteiger partial charge in [-0.15, -0.1) is 0 Å². The van der Waals surface area contributed by atoms with E-state index in [-0.39, 0.29) is 0 Å². The molecule has 0 radical (unpaired) electrons. The summed E-state index contributed by atoms with van der Waals surface area (Å²) in [4.78, 5) is 3.39. The van der Waals surface area contributed by atoms with Gasteiger partial charge in [0.1, 0.15) is 13.2 Å². The molecule has 1 aliphatic rings. The molecule has 20 heavy (non-hydrogen) atoms. The number of nitrogens with one attached hydrogen (secondary N) is 1. The van der Waals surface area contributed by atoms with E-state index in [1.54, 1.807) is 0 Å². The molecule has 0 saturated carbocycles. The van der Waals surface area contributed by atoms with E-state index in [0.717, 1.165) is 38.7 Å². The van der Waals surface area contributed by atoms with Gasteiger partial charge in [0.05, 0.1) is 0 Å². The Hall–Kier alpha value is -2.13. The van der Waals surface area contributed by atoms with Crippen LogP contribution in [0.4, 0.5) is 0 Å². The van der Waals surface area contributed by atoms with E-state index < -0.39 is 0 Å². The van der Waals surface area contributed by atoms with Crippen LogP contribution in [0.25, 0.3) is 22.2 Å². The topological polar surface area (TPSA) is 34.2 Å². The average molecular weight is 286 g/mol. The zero-order valence-electron chi connectivity index (χ0n) is 10.7. The molecule has 3 nitrogen and oxygen atoms in total. The van der Waals surface area contributed by atoms with Crippen molar-refractivity contribution in [2.75, 3.05) is 13.2 Å². The lowest BCUT2D eigenvalue weighted by atomic mass is 10.1. The minimum Gasteiger partial charge on any atom is -0.486 e. The van der Waals surface area contributed by atoms with Gasteiger partial charge in [-0.2, -0.15) is 0 Å². The van der Waals surface area contributed by atoms with E-state index in [2.05, 4.69) is 11.1 Å². The third-order valence-electron chi connectivity index (χ3n) is 3.44. The number of halogens is 1. The predicted molar refractivity (Wildman–Crippen MR) is 79.7 cm³/mol. The van der Waals surface area contributed by atoms with Gasteiger partial charge < -0.3 is 14.5 Å². The summed E-state index contributed by atoms with van der Waals surface area (Å²) in [7, 11) is 0. The van der Waals surface area contributed by atoms with Crippen LogP contribution < -0.4 is 9.47 Å². The molecule has 0 saturated heterocycles. The van der Waals surface area contributed by atoms with Crippen LogP contribution >= 0.6 is 11.6 Å². The summed E-state index contributed by atoms with van der Waals surface area (Å²) in [6, 6.07) is 13.9. The number of benzene rings is 2. The smallest absolute Gasteiger partial charge is 0.162 e. The summed E-state index contributed by atoms with van der Waals surface area (Å²) in [5.41, 5.74) is 3.18. The van der Waals surface area contributed by atoms with Crippen molar-refractivity contribution in [3.8, 4) is 22.8 Å². The van der Waals surface area contributed by atoms with Crippen LogP contribution in [-0.2, 0) is 0 Å². The number of hydrogen-bond donors (Lipinski definition) is 1. The highest BCUT2D eigenvalue weighted by atomic mass is 35.5. The van der Waals surface area contributed by atoms with Crippen molar-refractivity contribution >= 4 is 22.5 Å². The van der Waals surface area contributed by atoms with Gasteiger partial charge in [-0.05, 0) is 42.5 Å². The second kappa shape index (κ2) is 4.46. The summed E-state index contributed by atoms with van der Waals surface area (Å²) in [5.74, 6) is 1.60. The van der Waals surface area contributed by atoms with Crippen LogP contribution in [0.1, 0.15) is 0 Å². The van der Waals surface area contributed by atoms with E-state index in [1.807, 2.05) is 36.4 Å². The van der Waals surface area contributed by atoms with Crippen molar-refractivity contribution in [3.05, 3.63) is 47.5 Å². The maximum Gasteiger partial charge on any atom is 0.162 e. The third-order valence-corrected chi connectivity index (χ3v) is 3.67. The van der Waals surface area contributed by atoms with Gasteiger partial charge in [0.15, 0.2) is 11.5 Å². The molecule has 2 heterocycles. The molecule has 4 rings (SSSR count). The number of ether oxygens (including phenoxy) is 2. The van der Waals surface area contributed by atoms with Crippen molar-refractivity contribution < 1.29 is 9.47 Å². The SMILES string of the molecule is Clc1ccc2[nH]c(-c3ccc4c(c3)OCCO4)cc2c1. The molecule has 0 atom stereocenters. The first-order valence-corrected chi connectivity index (χ1v) is 6.86. The minimum absolute atomic E-state index is 0.596. The average Bonchev–Trinajstić information content (AvgIpc) is 2.89. The summed E-state index contributed by atoms with van der Waals surface area (Å²) in [6.07, 6.45) is 0. The maximum atomic E-state index is 6.02. The Bertz CT molecular complexity index is 794. The van der Waals surface area contributed by atoms with Gasteiger partial charge in [0.25, 0.3) is 0 Å². The lowest BCUT2D eigenvalue weighted by Gasteiger charge is -2.18. The molecule has 0 spiro atoms. The molecule has 0 amide bonds. The first-order valence-electron chi connectivity index (χ1n) is 6.48. The fraction of sp³-hybridized carbons (Fsp3) is 0.125. The zero-order valence-corrected chi connectivity index (χ0v) is 11.4. The Labute approximate surface area is 121 Å². The van der Waals surface area contributed by atoms with E-state index in [1.165, 1.54) is 0 Å². The molecule has 3 aromatic rings. The number of fused-ring (bicyclic) bond motifs is 2. The Morgan fingerprint density at radius 3 is 2.65 bits per heavy atom. The molecule has 1 N–H and O–H groups in total. The maximum absolute atomic E-state index is 6.02. The number of H-pyrrole nitrogens is 1. The number of hydrogen-bond acceptors (Lipinski definition) is 2. The molecule has 1 aromatic heterocycles. The minimum atomic E-state index is 0.596. The van der Waals surface area contributed by atoms with Gasteiger partial charge in [0, 0.05) is 27.2 Å². The summed E-state index contributed by atoms with van der Waals surface area (Å²) >= 11 is 6.02. The quantitative estimate of drug-likeness (QED) is 0.725. The van der Waals surface area contributed by atoms with Gasteiger partial charge in [-0.1, -0.05) is 11.6 Å². The number of aromatic amines is 1. The van der Waals surface area contributed by atoms with Crippen molar-refractivity contribution in [1.29, 1.82) is 0 Å². The molecule has 100 valence electrons. The normalized spacial score (nSPS) is 13.7. The first kappa shape index (κ1) is 11.7. The lowest BCUT2D eigenvalue weighted by Crippen LogP contribution is -2.15. The van der Waals surface area contributed by atoms with Gasteiger partial charge in [-0.3, -0.25) is 0 Å². The molecular formula is C16H12ClNO2. The molecule has 0 aliphatic carbocycles. The van der Waals surface area contributed by atoms with Crippen molar-refractivity contribution in [3.63, 3.8) is 0 Å². The largest absolute Gasteiger partial charge is 0.486 e. The second-order valence-electron chi connectivity index (χ2n) is 4.77. The van der Waals surface area contributed by atoms with E-state index >= 15 is 0 Å². The highest BCUT2D eigenvalue weighted by Gasteiger charge is 2.13. The van der Waals surface area contributed by atoms with Crippen LogP contribution in [0.5, 0.6) is 11.5 Å². The van der Waals surface area contributed by atoms with E-state index in [9.17, 15) is 0 Å². The third kappa shape index (κ3) is 1.91. The fourth-order valence-electron chi connectivity index (χ4n) is 2.47. The summed E-state index contributed by atoms with van der Waals surface area (Å²) < 4.78 is 11.2. The fourth-order valence-corrected chi connectivity index (χ4v) is 2.65. The lowest BCUT2D eigenvalue weighted by molar-refractivity contribution is 0.171. The van der Waals surface area contributed by atoms with Crippen LogP contribution in [0.2, 0.25) is 5.02 Å². The van der Waals surface area contributed by atoms with Crippen molar-refractivity contribution in [2.24, 2.45) is 0 Å². The molecular weight excluding hydrogens is 274 g/mol. The Morgan fingerprint density at radius 2 is 1.75 bits per heavy atom. The molecule has 0 bridgehead atoms. The number of rotatable bonds is 1. The highest BCUT2D eigenvalue weighted by Crippen LogP contribution is 2.35. The van der Waals surface area contributed by atoms with E-state index in [0.29, 0.717) is 13.2 Å². The van der Waals surface area contributed by atoms with Crippen LogP contribution in [0.3, 0.4) is 0 Å². The number of aromatic nitrogens is 1. The van der Waals surface area contributed by atoms with E-state index in [4.69, 9.17) is 21.1 Å². The molecule has 2 aromatic carbocycles. The Morgan fingerprint density at radius 1 is 0.900 bits per heavy atom. The first-order chi connectivity index (χ1) is 9.79. The Kier molecular flexibility index (Phi) is 2.60. The molecule has 1 aliphatic heterocycles.